The standard InChI is InChI=1S/C11H22N2O3S/c14-11(9-13-5-3-12-4-6-13)10-1-7-17(15,16)8-2-10/h10-12,14H,1-9H2. The van der Waals surface area contributed by atoms with Crippen LogP contribution >= 0.6 is 0 Å². The van der Waals surface area contributed by atoms with Crippen LogP contribution < -0.4 is 5.32 Å². The number of nitrogens with one attached hydrogen (secondary N) is 1. The van der Waals surface area contributed by atoms with Crippen molar-refractivity contribution in [3.63, 3.8) is 0 Å². The molecule has 0 aromatic carbocycles. The Kier molecular flexibility index (Phi) is 4.41. The van der Waals surface area contributed by atoms with Crippen LogP contribution in [0.15, 0.2) is 0 Å². The molecule has 0 spiro atoms. The molecule has 2 aliphatic rings. The van der Waals surface area contributed by atoms with Crippen molar-refractivity contribution in [2.75, 3.05) is 44.2 Å². The van der Waals surface area contributed by atoms with Crippen molar-refractivity contribution >= 4 is 9.84 Å². The maximum atomic E-state index is 11.3. The van der Waals surface area contributed by atoms with Crippen molar-refractivity contribution in [2.45, 2.75) is 18.9 Å². The second kappa shape index (κ2) is 5.65. The maximum absolute atomic E-state index is 11.3. The summed E-state index contributed by atoms with van der Waals surface area (Å²) in [5.74, 6) is 0.653. The van der Waals surface area contributed by atoms with Gasteiger partial charge in [0, 0.05) is 32.7 Å². The lowest BCUT2D eigenvalue weighted by molar-refractivity contribution is 0.0551. The molecule has 2 fully saturated rings. The number of sulfone groups is 1. The summed E-state index contributed by atoms with van der Waals surface area (Å²) in [4.78, 5) is 2.25. The van der Waals surface area contributed by atoms with Crippen molar-refractivity contribution in [2.24, 2.45) is 5.92 Å². The van der Waals surface area contributed by atoms with E-state index in [1.54, 1.807) is 0 Å². The molecule has 0 aliphatic carbocycles. The van der Waals surface area contributed by atoms with E-state index in [9.17, 15) is 13.5 Å². The van der Waals surface area contributed by atoms with Gasteiger partial charge < -0.3 is 10.4 Å². The van der Waals surface area contributed by atoms with Crippen LogP contribution in [0.5, 0.6) is 0 Å². The SMILES string of the molecule is O=S1(=O)CCC(C(O)CN2CCNCC2)CC1. The Morgan fingerprint density at radius 2 is 1.82 bits per heavy atom. The topological polar surface area (TPSA) is 69.6 Å². The van der Waals surface area contributed by atoms with Crippen molar-refractivity contribution < 1.29 is 13.5 Å². The number of nitrogens with zero attached hydrogens (tertiary/aromatic N) is 1. The van der Waals surface area contributed by atoms with E-state index in [-0.39, 0.29) is 23.5 Å². The van der Waals surface area contributed by atoms with E-state index < -0.39 is 9.84 Å². The highest BCUT2D eigenvalue weighted by molar-refractivity contribution is 7.91. The molecule has 6 heteroatoms. The lowest BCUT2D eigenvalue weighted by atomic mass is 9.95. The molecule has 0 saturated carbocycles. The smallest absolute Gasteiger partial charge is 0.150 e. The largest absolute Gasteiger partial charge is 0.392 e. The van der Waals surface area contributed by atoms with Gasteiger partial charge in [0.05, 0.1) is 17.6 Å². The predicted octanol–water partition coefficient (Wildman–Crippen LogP) is -0.923. The highest BCUT2D eigenvalue weighted by Crippen LogP contribution is 2.22. The van der Waals surface area contributed by atoms with Crippen LogP contribution in [0.1, 0.15) is 12.8 Å². The Morgan fingerprint density at radius 1 is 1.24 bits per heavy atom. The average Bonchev–Trinajstić information content (AvgIpc) is 2.30. The molecule has 2 N–H and O–H groups in total. The first-order valence-electron chi connectivity index (χ1n) is 6.38. The summed E-state index contributed by atoms with van der Waals surface area (Å²) in [5, 5.41) is 13.4. The van der Waals surface area contributed by atoms with Crippen LogP contribution in [-0.2, 0) is 9.84 Å². The number of β-amino-alcohol motifs (C(OH)–C–C–N with tert-alkyl or cyclic N) is 1. The Hall–Kier alpha value is -0.170. The van der Waals surface area contributed by atoms with Crippen LogP contribution in [0.4, 0.5) is 0 Å². The summed E-state index contributed by atoms with van der Waals surface area (Å²) >= 11 is 0. The number of aliphatic hydroxyl groups excluding tert-OH is 1. The molecule has 2 aliphatic heterocycles. The van der Waals surface area contributed by atoms with E-state index in [0.29, 0.717) is 19.4 Å². The molecule has 0 aromatic heterocycles. The molecular formula is C11H22N2O3S. The van der Waals surface area contributed by atoms with Gasteiger partial charge in [0.25, 0.3) is 0 Å². The highest BCUT2D eigenvalue weighted by atomic mass is 32.2. The molecule has 2 rings (SSSR count). The molecule has 5 nitrogen and oxygen atoms in total. The Bertz CT molecular complexity index is 325. The number of piperazine rings is 1. The molecule has 0 radical (unpaired) electrons. The van der Waals surface area contributed by atoms with Gasteiger partial charge in [-0.15, -0.1) is 0 Å². The van der Waals surface area contributed by atoms with E-state index in [0.717, 1.165) is 26.2 Å². The van der Waals surface area contributed by atoms with E-state index in [2.05, 4.69) is 10.2 Å². The highest BCUT2D eigenvalue weighted by Gasteiger charge is 2.29. The zero-order chi connectivity index (χ0) is 12.3. The van der Waals surface area contributed by atoms with Gasteiger partial charge in [-0.25, -0.2) is 8.42 Å². The summed E-state index contributed by atoms with van der Waals surface area (Å²) < 4.78 is 22.6. The van der Waals surface area contributed by atoms with Gasteiger partial charge in [0.1, 0.15) is 9.84 Å². The summed E-state index contributed by atoms with van der Waals surface area (Å²) in [7, 11) is -2.82. The van der Waals surface area contributed by atoms with Crippen LogP contribution in [-0.4, -0.2) is 68.8 Å². The van der Waals surface area contributed by atoms with Crippen molar-refractivity contribution in [1.29, 1.82) is 0 Å². The zero-order valence-corrected chi connectivity index (χ0v) is 11.0. The molecule has 2 saturated heterocycles. The predicted molar refractivity (Wildman–Crippen MR) is 66.7 cm³/mol. The first-order valence-corrected chi connectivity index (χ1v) is 8.20. The van der Waals surface area contributed by atoms with Gasteiger partial charge in [-0.2, -0.15) is 0 Å². The van der Waals surface area contributed by atoms with Crippen molar-refractivity contribution in [1.82, 2.24) is 10.2 Å². The van der Waals surface area contributed by atoms with Gasteiger partial charge in [0.2, 0.25) is 0 Å². The number of rotatable bonds is 3. The molecule has 2 heterocycles. The molecule has 17 heavy (non-hydrogen) atoms. The van der Waals surface area contributed by atoms with E-state index >= 15 is 0 Å². The number of hydrogen-bond acceptors (Lipinski definition) is 5. The molecule has 1 unspecified atom stereocenters. The fourth-order valence-corrected chi connectivity index (χ4v) is 4.13. The van der Waals surface area contributed by atoms with Crippen molar-refractivity contribution in [3.8, 4) is 0 Å². The van der Waals surface area contributed by atoms with E-state index in [4.69, 9.17) is 0 Å². The molecule has 0 aromatic rings. The second-order valence-corrected chi connectivity index (χ2v) is 7.41. The maximum Gasteiger partial charge on any atom is 0.150 e. The van der Waals surface area contributed by atoms with Crippen LogP contribution in [0.3, 0.4) is 0 Å². The van der Waals surface area contributed by atoms with E-state index in [1.165, 1.54) is 0 Å². The second-order valence-electron chi connectivity index (χ2n) is 5.11. The quantitative estimate of drug-likeness (QED) is 0.688. The number of aliphatic hydroxyl groups is 1. The third-order valence-electron chi connectivity index (χ3n) is 3.80. The summed E-state index contributed by atoms with van der Waals surface area (Å²) in [6, 6.07) is 0. The third kappa shape index (κ3) is 3.91. The summed E-state index contributed by atoms with van der Waals surface area (Å²) in [5.41, 5.74) is 0. The van der Waals surface area contributed by atoms with Crippen LogP contribution in [0.2, 0.25) is 0 Å². The number of hydrogen-bond donors (Lipinski definition) is 2. The van der Waals surface area contributed by atoms with Gasteiger partial charge in [-0.1, -0.05) is 0 Å². The molecular weight excluding hydrogens is 240 g/mol. The normalized spacial score (nSPS) is 29.0. The Balaban J connectivity index is 1.78. The monoisotopic (exact) mass is 262 g/mol. The lowest BCUT2D eigenvalue weighted by Gasteiger charge is -2.33. The van der Waals surface area contributed by atoms with Crippen LogP contribution in [0.25, 0.3) is 0 Å². The third-order valence-corrected chi connectivity index (χ3v) is 5.51. The zero-order valence-electron chi connectivity index (χ0n) is 10.1. The van der Waals surface area contributed by atoms with Crippen molar-refractivity contribution in [3.05, 3.63) is 0 Å². The molecule has 100 valence electrons. The molecule has 1 atom stereocenters. The van der Waals surface area contributed by atoms with Gasteiger partial charge in [-0.05, 0) is 18.8 Å². The summed E-state index contributed by atoms with van der Waals surface area (Å²) in [6.45, 7) is 4.59. The van der Waals surface area contributed by atoms with Crippen LogP contribution in [0, 0.1) is 5.92 Å². The average molecular weight is 262 g/mol. The Labute approximate surface area is 103 Å². The fourth-order valence-electron chi connectivity index (χ4n) is 2.60. The molecule has 0 bridgehead atoms. The summed E-state index contributed by atoms with van der Waals surface area (Å²) in [6.07, 6.45) is 0.870. The lowest BCUT2D eigenvalue weighted by Crippen LogP contribution is -2.48. The van der Waals surface area contributed by atoms with Gasteiger partial charge in [-0.3, -0.25) is 4.90 Å². The van der Waals surface area contributed by atoms with Gasteiger partial charge >= 0.3 is 0 Å². The first-order chi connectivity index (χ1) is 8.07. The van der Waals surface area contributed by atoms with E-state index in [1.807, 2.05) is 0 Å². The Morgan fingerprint density at radius 3 is 2.41 bits per heavy atom. The van der Waals surface area contributed by atoms with Gasteiger partial charge in [0.15, 0.2) is 0 Å². The fraction of sp³-hybridized carbons (Fsp3) is 1.00. The minimum Gasteiger partial charge on any atom is -0.392 e. The minimum absolute atomic E-state index is 0.161. The minimum atomic E-state index is -2.82. The first kappa shape index (κ1) is 13.3. The molecule has 0 amide bonds.